The number of para-hydroxylation sites is 1. The second-order valence-electron chi connectivity index (χ2n) is 5.76. The van der Waals surface area contributed by atoms with Crippen LogP contribution < -0.4 is 25.6 Å². The van der Waals surface area contributed by atoms with Crippen LogP contribution in [0.1, 0.15) is 5.56 Å². The van der Waals surface area contributed by atoms with Gasteiger partial charge in [-0.1, -0.05) is 29.8 Å². The lowest BCUT2D eigenvalue weighted by Gasteiger charge is -2.14. The molecular weight excluding hydrogens is 386 g/mol. The molecule has 0 aliphatic carbocycles. The van der Waals surface area contributed by atoms with Crippen LogP contribution in [0.15, 0.2) is 48.0 Å². The minimum atomic E-state index is -0.694. The van der Waals surface area contributed by atoms with Crippen LogP contribution in [-0.4, -0.2) is 31.4 Å². The SMILES string of the molecule is COc1cc(Cl)cc(/C=C2\C(=O)NN(c3ccccc3)C2=O)c1OCC(N)=O. The van der Waals surface area contributed by atoms with Crippen molar-refractivity contribution in [3.05, 3.63) is 58.6 Å². The number of rotatable bonds is 6. The van der Waals surface area contributed by atoms with Gasteiger partial charge in [-0.2, -0.15) is 0 Å². The number of nitrogens with one attached hydrogen (secondary N) is 1. The zero-order valence-electron chi connectivity index (χ0n) is 14.8. The van der Waals surface area contributed by atoms with Crippen molar-refractivity contribution in [2.45, 2.75) is 0 Å². The number of primary amides is 1. The largest absolute Gasteiger partial charge is 0.493 e. The Kier molecular flexibility index (Phi) is 5.51. The van der Waals surface area contributed by atoms with E-state index in [9.17, 15) is 14.4 Å². The standard InChI is InChI=1S/C19H16ClN3O5/c1-27-15-9-12(20)7-11(17(15)28-10-16(21)24)8-14-18(25)22-23(19(14)26)13-5-3-2-4-6-13/h2-9H,10H2,1H3,(H2,21,24)(H,22,25)/b14-8+. The minimum absolute atomic E-state index is 0.128. The van der Waals surface area contributed by atoms with Gasteiger partial charge in [-0.15, -0.1) is 0 Å². The Morgan fingerprint density at radius 1 is 1.25 bits per heavy atom. The molecular formula is C19H16ClN3O5. The monoisotopic (exact) mass is 401 g/mol. The number of carbonyl (C=O) groups excluding carboxylic acids is 3. The lowest BCUT2D eigenvalue weighted by Crippen LogP contribution is -2.35. The Balaban J connectivity index is 2.02. The summed E-state index contributed by atoms with van der Waals surface area (Å²) in [6.45, 7) is -0.412. The van der Waals surface area contributed by atoms with Crippen LogP contribution in [0, 0.1) is 0 Å². The summed E-state index contributed by atoms with van der Waals surface area (Å²) in [7, 11) is 1.39. The summed E-state index contributed by atoms with van der Waals surface area (Å²) < 4.78 is 10.6. The maximum Gasteiger partial charge on any atom is 0.282 e. The molecule has 144 valence electrons. The summed E-state index contributed by atoms with van der Waals surface area (Å²) in [6, 6.07) is 11.6. The highest BCUT2D eigenvalue weighted by atomic mass is 35.5. The molecule has 3 amide bonds. The van der Waals surface area contributed by atoms with Crippen molar-refractivity contribution < 1.29 is 23.9 Å². The lowest BCUT2D eigenvalue weighted by atomic mass is 10.1. The Bertz CT molecular complexity index is 975. The number of anilines is 1. The van der Waals surface area contributed by atoms with Crippen LogP contribution in [0.4, 0.5) is 5.69 Å². The molecule has 1 aliphatic rings. The average Bonchev–Trinajstić information content (AvgIpc) is 2.95. The third-order valence-corrected chi connectivity index (χ3v) is 4.05. The zero-order chi connectivity index (χ0) is 20.3. The zero-order valence-corrected chi connectivity index (χ0v) is 15.5. The molecule has 1 heterocycles. The van der Waals surface area contributed by atoms with Crippen molar-refractivity contribution in [1.82, 2.24) is 5.43 Å². The Morgan fingerprint density at radius 2 is 1.96 bits per heavy atom. The summed E-state index contributed by atoms with van der Waals surface area (Å²) in [5, 5.41) is 1.43. The number of hydrogen-bond donors (Lipinski definition) is 2. The number of amides is 3. The smallest absolute Gasteiger partial charge is 0.282 e. The molecule has 8 nitrogen and oxygen atoms in total. The van der Waals surface area contributed by atoms with E-state index in [-0.39, 0.29) is 17.1 Å². The topological polar surface area (TPSA) is 111 Å². The van der Waals surface area contributed by atoms with Gasteiger partial charge >= 0.3 is 0 Å². The molecule has 1 aliphatic heterocycles. The first-order valence-electron chi connectivity index (χ1n) is 8.11. The number of nitrogens with two attached hydrogens (primary N) is 1. The van der Waals surface area contributed by atoms with Crippen molar-refractivity contribution in [3.8, 4) is 11.5 Å². The van der Waals surface area contributed by atoms with Crippen LogP contribution in [-0.2, 0) is 14.4 Å². The summed E-state index contributed by atoms with van der Waals surface area (Å²) in [5.41, 5.74) is 8.31. The summed E-state index contributed by atoms with van der Waals surface area (Å²) in [5.74, 6) is -1.46. The molecule has 0 saturated carbocycles. The van der Waals surface area contributed by atoms with Gasteiger partial charge in [-0.05, 0) is 24.3 Å². The molecule has 1 fully saturated rings. The van der Waals surface area contributed by atoms with Gasteiger partial charge in [0.05, 0.1) is 12.8 Å². The fourth-order valence-electron chi connectivity index (χ4n) is 2.62. The number of carbonyl (C=O) groups is 3. The van der Waals surface area contributed by atoms with Crippen LogP contribution in [0.3, 0.4) is 0 Å². The number of ether oxygens (including phenoxy) is 2. The van der Waals surface area contributed by atoms with Gasteiger partial charge in [0.2, 0.25) is 0 Å². The Labute approximate surface area is 165 Å². The molecule has 0 unspecified atom stereocenters. The summed E-state index contributed by atoms with van der Waals surface area (Å²) >= 11 is 6.09. The number of methoxy groups -OCH3 is 1. The molecule has 0 bridgehead atoms. The first kappa shape index (κ1) is 19.2. The van der Waals surface area contributed by atoms with Gasteiger partial charge in [0.25, 0.3) is 17.7 Å². The van der Waals surface area contributed by atoms with Gasteiger partial charge in [-0.25, -0.2) is 5.01 Å². The summed E-state index contributed by atoms with van der Waals surface area (Å²) in [4.78, 5) is 36.2. The highest BCUT2D eigenvalue weighted by Crippen LogP contribution is 2.36. The van der Waals surface area contributed by atoms with Crippen LogP contribution >= 0.6 is 11.6 Å². The van der Waals surface area contributed by atoms with E-state index in [1.165, 1.54) is 25.3 Å². The normalized spacial score (nSPS) is 14.9. The molecule has 1 saturated heterocycles. The molecule has 3 rings (SSSR count). The van der Waals surface area contributed by atoms with E-state index in [4.69, 9.17) is 26.8 Å². The van der Waals surface area contributed by atoms with Crippen molar-refractivity contribution in [1.29, 1.82) is 0 Å². The predicted molar refractivity (Wildman–Crippen MR) is 103 cm³/mol. The average molecular weight is 402 g/mol. The molecule has 0 spiro atoms. The fraction of sp³-hybridized carbons (Fsp3) is 0.105. The second kappa shape index (κ2) is 8.01. The molecule has 2 aromatic carbocycles. The fourth-order valence-corrected chi connectivity index (χ4v) is 2.83. The van der Waals surface area contributed by atoms with Gasteiger partial charge in [0.1, 0.15) is 5.57 Å². The summed E-state index contributed by atoms with van der Waals surface area (Å²) in [6.07, 6.45) is 1.32. The third-order valence-electron chi connectivity index (χ3n) is 3.83. The van der Waals surface area contributed by atoms with Crippen molar-refractivity contribution in [2.75, 3.05) is 18.7 Å². The van der Waals surface area contributed by atoms with Crippen molar-refractivity contribution in [3.63, 3.8) is 0 Å². The highest BCUT2D eigenvalue weighted by molar-refractivity contribution is 6.32. The molecule has 0 aromatic heterocycles. The van der Waals surface area contributed by atoms with Gasteiger partial charge < -0.3 is 15.2 Å². The molecule has 28 heavy (non-hydrogen) atoms. The maximum atomic E-state index is 12.7. The van der Waals surface area contributed by atoms with Gasteiger partial charge in [0.15, 0.2) is 18.1 Å². The third kappa shape index (κ3) is 3.91. The van der Waals surface area contributed by atoms with E-state index in [0.29, 0.717) is 16.3 Å². The number of hydrogen-bond acceptors (Lipinski definition) is 5. The van der Waals surface area contributed by atoms with Crippen molar-refractivity contribution >= 4 is 41.1 Å². The molecule has 2 aromatic rings. The Morgan fingerprint density at radius 3 is 2.61 bits per heavy atom. The molecule has 9 heteroatoms. The van der Waals surface area contributed by atoms with E-state index >= 15 is 0 Å². The lowest BCUT2D eigenvalue weighted by molar-refractivity contribution is -0.120. The van der Waals surface area contributed by atoms with Gasteiger partial charge in [0, 0.05) is 16.7 Å². The van der Waals surface area contributed by atoms with Crippen LogP contribution in [0.2, 0.25) is 5.02 Å². The van der Waals surface area contributed by atoms with Crippen LogP contribution in [0.5, 0.6) is 11.5 Å². The molecule has 0 radical (unpaired) electrons. The molecule has 0 atom stereocenters. The number of halogens is 1. The van der Waals surface area contributed by atoms with Crippen molar-refractivity contribution in [2.24, 2.45) is 5.73 Å². The van der Waals surface area contributed by atoms with E-state index in [2.05, 4.69) is 5.43 Å². The van der Waals surface area contributed by atoms with E-state index in [1.54, 1.807) is 30.3 Å². The van der Waals surface area contributed by atoms with E-state index < -0.39 is 24.3 Å². The maximum absolute atomic E-state index is 12.7. The minimum Gasteiger partial charge on any atom is -0.493 e. The number of nitrogens with zero attached hydrogens (tertiary/aromatic N) is 1. The first-order valence-corrected chi connectivity index (χ1v) is 8.49. The van der Waals surface area contributed by atoms with Crippen LogP contribution in [0.25, 0.3) is 6.08 Å². The second-order valence-corrected chi connectivity index (χ2v) is 6.19. The first-order chi connectivity index (χ1) is 13.4. The quantitative estimate of drug-likeness (QED) is 0.565. The highest BCUT2D eigenvalue weighted by Gasteiger charge is 2.34. The predicted octanol–water partition coefficient (Wildman–Crippen LogP) is 1.67. The number of hydrazine groups is 1. The van der Waals surface area contributed by atoms with E-state index in [0.717, 1.165) is 5.01 Å². The Hall–Kier alpha value is -3.52. The van der Waals surface area contributed by atoms with Gasteiger partial charge in [-0.3, -0.25) is 19.8 Å². The van der Waals surface area contributed by atoms with E-state index in [1.807, 2.05) is 0 Å². The number of benzene rings is 2. The molecule has 3 N–H and O–H groups in total.